The van der Waals surface area contributed by atoms with Crippen molar-refractivity contribution < 1.29 is 67.3 Å². The monoisotopic (exact) mass is 1290 g/mol. The van der Waals surface area contributed by atoms with Gasteiger partial charge in [0.05, 0.1) is 44.4 Å². The Morgan fingerprint density at radius 3 is 1.62 bits per heavy atom. The number of nitrogen functional groups attached to an aromatic ring is 3. The standard InChI is InChI=1S/C27H39FN7O7P.C15H23FN6O3.C13H17ClFN5O.H2/c1-7-13-34(6)22-20-23(32-26(29)31-22)35(15-30-20)25-27(5,28)21(36)19(41-25)14-39-43(38,42-18-11-9-8-10-12-18)33-17(4)24(37)40-16(2)3;1-4-5-21(3)11-9-12(20-14(17)19-11)22(7-18-9)13-15(2,16)10(24)8(6-23)25-13;1-4-7-6(2)13(3,15)11(21-7)20-5-17-8-9(14)18-12(16)19-10(8)20;/h8-12,15-17,19,21,25,36H,7,13-14H2,1-6H3,(H,33,38)(H2,29,31,32);7-8,10,13,23-24H,4-6H2,1-3H3,(H2,17,19,20);5-7,11H,4H2,1-3H3,(H2,16,18,19);1H/t17-,19+,21+,25+,27+,43?;8-,10-,13-,15-;6-,7-,11-,13-;/m011./s1. The molecule has 490 valence electrons. The van der Waals surface area contributed by atoms with Gasteiger partial charge in [0.15, 0.2) is 80.5 Å². The number of anilines is 5. The molecule has 14 atom stereocenters. The number of halogens is 4. The molecule has 1 unspecified atom stereocenters. The number of para-hydroxylation sites is 1. The van der Waals surface area contributed by atoms with Crippen molar-refractivity contribution in [2.45, 2.75) is 167 Å². The quantitative estimate of drug-likeness (QED) is 0.0240. The van der Waals surface area contributed by atoms with Gasteiger partial charge in [-0.1, -0.05) is 57.5 Å². The summed E-state index contributed by atoms with van der Waals surface area (Å²) in [5, 5.41) is 33.0. The molecule has 9 heterocycles. The molecule has 10 rings (SSSR count). The van der Waals surface area contributed by atoms with Gasteiger partial charge in [-0.2, -0.15) is 35.0 Å². The van der Waals surface area contributed by atoms with Gasteiger partial charge in [-0.3, -0.25) is 23.0 Å². The maximum absolute atomic E-state index is 16.2. The molecular formula is C55H81ClF3N18O11P. The number of carbonyl (C=O) groups is 1. The lowest BCUT2D eigenvalue weighted by Crippen LogP contribution is -2.41. The van der Waals surface area contributed by atoms with Crippen LogP contribution in [0.2, 0.25) is 5.15 Å². The number of nitrogens with zero attached hydrogens (tertiary/aromatic N) is 14. The largest absolute Gasteiger partial charge is 0.462 e. The van der Waals surface area contributed by atoms with Gasteiger partial charge < -0.3 is 65.8 Å². The molecule has 0 amide bonds. The normalized spacial score (nSPS) is 27.7. The number of imidazole rings is 3. The number of hydrogen-bond donors (Lipinski definition) is 7. The third kappa shape index (κ3) is 14.1. The number of ether oxygens (including phenoxy) is 4. The van der Waals surface area contributed by atoms with Crippen molar-refractivity contribution in [2.75, 3.05) is 67.4 Å². The van der Waals surface area contributed by atoms with E-state index in [1.807, 2.05) is 51.6 Å². The first-order chi connectivity index (χ1) is 41.9. The lowest BCUT2D eigenvalue weighted by atomic mass is 9.88. The molecule has 10 N–H and O–H groups in total. The predicted octanol–water partition coefficient (Wildman–Crippen LogP) is 6.59. The average Bonchev–Trinajstić information content (AvgIpc) is 1.69. The van der Waals surface area contributed by atoms with Crippen molar-refractivity contribution in [2.24, 2.45) is 5.92 Å². The van der Waals surface area contributed by atoms with E-state index in [9.17, 15) is 24.7 Å². The van der Waals surface area contributed by atoms with Gasteiger partial charge in [0.2, 0.25) is 17.8 Å². The Balaban J connectivity index is 0.000000207. The first kappa shape index (κ1) is 68.0. The first-order valence-corrected chi connectivity index (χ1v) is 30.9. The van der Waals surface area contributed by atoms with E-state index >= 15 is 13.2 Å². The number of hydrogen-bond acceptors (Lipinski definition) is 25. The summed E-state index contributed by atoms with van der Waals surface area (Å²) in [4.78, 5) is 54.0. The van der Waals surface area contributed by atoms with Crippen molar-refractivity contribution in [3.8, 4) is 5.75 Å². The number of benzene rings is 1. The van der Waals surface area contributed by atoms with E-state index in [1.165, 1.54) is 55.8 Å². The van der Waals surface area contributed by atoms with E-state index in [1.54, 1.807) is 48.7 Å². The van der Waals surface area contributed by atoms with Crippen LogP contribution in [-0.2, 0) is 32.8 Å². The molecule has 7 aromatic rings. The van der Waals surface area contributed by atoms with Crippen LogP contribution in [0.4, 0.5) is 42.7 Å². The van der Waals surface area contributed by atoms with Crippen molar-refractivity contribution in [3.63, 3.8) is 0 Å². The SMILES string of the molecule is CCCN(C)c1nc(N)nc2c1ncn2[C@@H]1O[C@H](CO)[C@@H](O)[C@@]1(C)F.CCCN(C)c1nc(N)nc2c1ncn2[C@@H]1O[C@H](COP(=O)(N[C@@H](C)C(=O)OC(C)C)Oc2ccccc2)[C@@H](O)[C@@]1(C)F.CC[C@H]1O[C@@H](n2cnc3c(Cl)nc(N)nc32)[C@](C)(F)[C@@H]1C.[HH]. The zero-order valence-corrected chi connectivity index (χ0v) is 53.1. The van der Waals surface area contributed by atoms with Crippen molar-refractivity contribution in [3.05, 3.63) is 54.5 Å². The van der Waals surface area contributed by atoms with Crippen molar-refractivity contribution >= 4 is 88.3 Å². The number of nitrogens with one attached hydrogen (secondary N) is 1. The fourth-order valence-electron chi connectivity index (χ4n) is 10.7. The van der Waals surface area contributed by atoms with Crippen molar-refractivity contribution in [1.82, 2.24) is 63.6 Å². The van der Waals surface area contributed by atoms with Crippen LogP contribution in [-0.4, -0.2) is 180 Å². The molecule has 89 heavy (non-hydrogen) atoms. The Bertz CT molecular complexity index is 3630. The molecule has 34 heteroatoms. The van der Waals surface area contributed by atoms with Crippen LogP contribution in [0.1, 0.15) is 109 Å². The van der Waals surface area contributed by atoms with Crippen LogP contribution in [0.5, 0.6) is 5.75 Å². The Labute approximate surface area is 517 Å². The highest BCUT2D eigenvalue weighted by atomic mass is 35.5. The van der Waals surface area contributed by atoms with E-state index < -0.39 is 99.2 Å². The van der Waals surface area contributed by atoms with Crippen LogP contribution >= 0.6 is 19.3 Å². The van der Waals surface area contributed by atoms with Crippen LogP contribution < -0.4 is 36.6 Å². The topological polar surface area (TPSA) is 378 Å². The number of nitrogens with two attached hydrogens (primary N) is 3. The van der Waals surface area contributed by atoms with E-state index in [0.717, 1.165) is 25.8 Å². The van der Waals surface area contributed by atoms with Gasteiger partial charge in [0.25, 0.3) is 0 Å². The number of carbonyl (C=O) groups excluding carboxylic acids is 1. The summed E-state index contributed by atoms with van der Waals surface area (Å²) in [6, 6.07) is 7.07. The molecule has 3 aliphatic heterocycles. The van der Waals surface area contributed by atoms with Crippen LogP contribution in [0.3, 0.4) is 0 Å². The summed E-state index contributed by atoms with van der Waals surface area (Å²) in [7, 11) is -0.597. The Morgan fingerprint density at radius 2 is 1.17 bits per heavy atom. The molecule has 3 fully saturated rings. The molecule has 6 aromatic heterocycles. The van der Waals surface area contributed by atoms with Crippen LogP contribution in [0, 0.1) is 5.92 Å². The smallest absolute Gasteiger partial charge is 0.459 e. The molecule has 3 aliphatic rings. The molecule has 0 aliphatic carbocycles. The van der Waals surface area contributed by atoms with Gasteiger partial charge in [0, 0.05) is 34.5 Å². The third-order valence-electron chi connectivity index (χ3n) is 15.5. The van der Waals surface area contributed by atoms with Crippen molar-refractivity contribution in [1.29, 1.82) is 0 Å². The maximum atomic E-state index is 16.2. The number of aromatic nitrogens is 12. The van der Waals surface area contributed by atoms with E-state index in [2.05, 4.69) is 49.9 Å². The molecule has 3 saturated heterocycles. The third-order valence-corrected chi connectivity index (χ3v) is 17.4. The Kier molecular flexibility index (Phi) is 20.9. The van der Waals surface area contributed by atoms with Gasteiger partial charge in [-0.05, 0) is 72.9 Å². The molecule has 0 spiro atoms. The second-order valence-electron chi connectivity index (χ2n) is 22.8. The maximum Gasteiger partial charge on any atom is 0.459 e. The number of aliphatic hydroxyl groups is 3. The van der Waals surface area contributed by atoms with Crippen LogP contribution in [0.25, 0.3) is 33.5 Å². The summed E-state index contributed by atoms with van der Waals surface area (Å²) in [5.41, 5.74) is 13.5. The second-order valence-corrected chi connectivity index (χ2v) is 24.9. The zero-order chi connectivity index (χ0) is 65.2. The minimum atomic E-state index is -4.29. The Hall–Kier alpha value is -6.87. The van der Waals surface area contributed by atoms with Crippen LogP contribution in [0.15, 0.2) is 49.3 Å². The van der Waals surface area contributed by atoms with Gasteiger partial charge in [-0.15, -0.1) is 0 Å². The fourth-order valence-corrected chi connectivity index (χ4v) is 12.4. The average molecular weight is 1290 g/mol. The zero-order valence-electron chi connectivity index (χ0n) is 51.5. The summed E-state index contributed by atoms with van der Waals surface area (Å²) in [5.74, 6) is 0.299. The highest BCUT2D eigenvalue weighted by Gasteiger charge is 2.57. The van der Waals surface area contributed by atoms with E-state index in [0.29, 0.717) is 46.0 Å². The number of rotatable bonds is 20. The van der Waals surface area contributed by atoms with Gasteiger partial charge in [0.1, 0.15) is 41.7 Å². The predicted molar refractivity (Wildman–Crippen MR) is 327 cm³/mol. The summed E-state index contributed by atoms with van der Waals surface area (Å²) >= 11 is 6.00. The second kappa shape index (κ2) is 27.3. The molecule has 29 nitrogen and oxygen atoms in total. The van der Waals surface area contributed by atoms with Gasteiger partial charge >= 0.3 is 13.7 Å². The highest BCUT2D eigenvalue weighted by molar-refractivity contribution is 7.52. The minimum Gasteiger partial charge on any atom is -0.462 e. The van der Waals surface area contributed by atoms with Gasteiger partial charge in [-0.25, -0.2) is 32.7 Å². The number of fused-ring (bicyclic) bond motifs is 3. The highest BCUT2D eigenvalue weighted by Crippen LogP contribution is 2.50. The number of alkyl halides is 3. The molecule has 0 bridgehead atoms. The fraction of sp³-hybridized carbons (Fsp3) is 0.600. The number of esters is 1. The van der Waals surface area contributed by atoms with E-state index in [4.69, 9.17) is 56.8 Å². The molecule has 0 saturated carbocycles. The van der Waals surface area contributed by atoms with E-state index in [-0.39, 0.29) is 47.8 Å². The minimum absolute atomic E-state index is 0. The Morgan fingerprint density at radius 1 is 0.730 bits per heavy atom. The number of aliphatic hydroxyl groups excluding tert-OH is 3. The molecule has 0 radical (unpaired) electrons. The summed E-state index contributed by atoms with van der Waals surface area (Å²) in [6.45, 7) is 17.0. The summed E-state index contributed by atoms with van der Waals surface area (Å²) < 4.78 is 98.2. The lowest BCUT2D eigenvalue weighted by Gasteiger charge is -2.25. The first-order valence-electron chi connectivity index (χ1n) is 29.0. The molecular weight excluding hydrogens is 1210 g/mol. The molecule has 1 aromatic carbocycles. The summed E-state index contributed by atoms with van der Waals surface area (Å²) in [6.07, 6.45) is -2.80. The lowest BCUT2D eigenvalue weighted by molar-refractivity contribution is -0.149.